The summed E-state index contributed by atoms with van der Waals surface area (Å²) < 4.78 is 11.4. The topological polar surface area (TPSA) is 61.7 Å². The first-order chi connectivity index (χ1) is 34.2. The molecule has 0 amide bonds. The number of hydrogen-bond acceptors (Lipinski definition) is 4. The molecule has 14 aromatic rings. The van der Waals surface area contributed by atoms with Crippen molar-refractivity contribution in [2.24, 2.45) is 0 Å². The summed E-state index contributed by atoms with van der Waals surface area (Å²) in [5.41, 5.74) is 15.8. The molecule has 0 aliphatic rings. The fourth-order valence-corrected chi connectivity index (χ4v) is 10.4. The highest BCUT2D eigenvalue weighted by Gasteiger charge is 2.21. The van der Waals surface area contributed by atoms with Crippen LogP contribution in [0.4, 0.5) is 0 Å². The van der Waals surface area contributed by atoms with E-state index in [1.807, 2.05) is 72.8 Å². The van der Waals surface area contributed by atoms with Crippen LogP contribution < -0.4 is 0 Å². The highest BCUT2D eigenvalue weighted by atomic mass is 16.3. The van der Waals surface area contributed by atoms with Crippen LogP contribution in [0.5, 0.6) is 0 Å². The molecular weight excluding hydrogens is 843 g/mol. The Morgan fingerprint density at radius 1 is 0.290 bits per heavy atom. The van der Waals surface area contributed by atoms with E-state index in [2.05, 4.69) is 173 Å². The van der Waals surface area contributed by atoms with Crippen LogP contribution in [0, 0.1) is 0 Å². The predicted molar refractivity (Wildman–Crippen MR) is 283 cm³/mol. The van der Waals surface area contributed by atoms with E-state index < -0.39 is 0 Å². The summed E-state index contributed by atoms with van der Waals surface area (Å²) in [5, 5.41) is 6.79. The number of fused-ring (bicyclic) bond motifs is 9. The summed E-state index contributed by atoms with van der Waals surface area (Å²) in [6, 6.07) is 83.5. The number of para-hydroxylation sites is 4. The van der Waals surface area contributed by atoms with Crippen LogP contribution in [0.2, 0.25) is 0 Å². The monoisotopic (exact) mass is 881 g/mol. The van der Waals surface area contributed by atoms with Gasteiger partial charge in [0.05, 0.1) is 22.1 Å². The normalized spacial score (nSPS) is 11.8. The van der Waals surface area contributed by atoms with Crippen LogP contribution in [-0.4, -0.2) is 24.1 Å². The SMILES string of the molecule is c1ccc(-c2nc(-c3ccccc3)nc(-c3cccc4oc5ccc(-c6ccc7c(c6)c6cc(-c8cccc9c%10ccccc%10n(-c%10ccccc%10)c89)ccc6n7-c6ccccc6)cc5c34)n2)cc1. The fraction of sp³-hybridized carbons (Fsp3) is 0. The molecule has 0 N–H and O–H groups in total. The molecule has 69 heavy (non-hydrogen) atoms. The van der Waals surface area contributed by atoms with Crippen LogP contribution >= 0.6 is 0 Å². The lowest BCUT2D eigenvalue weighted by molar-refractivity contribution is 0.669. The van der Waals surface area contributed by atoms with Crippen LogP contribution in [0.15, 0.2) is 241 Å². The van der Waals surface area contributed by atoms with E-state index in [0.29, 0.717) is 17.5 Å². The van der Waals surface area contributed by atoms with Crippen LogP contribution in [0.1, 0.15) is 0 Å². The van der Waals surface area contributed by atoms with Gasteiger partial charge in [0.2, 0.25) is 0 Å². The van der Waals surface area contributed by atoms with Crippen molar-refractivity contribution in [2.75, 3.05) is 0 Å². The minimum atomic E-state index is 0.590. The lowest BCUT2D eigenvalue weighted by Gasteiger charge is -2.12. The maximum absolute atomic E-state index is 6.58. The van der Waals surface area contributed by atoms with Gasteiger partial charge in [0.1, 0.15) is 11.2 Å². The molecule has 0 saturated heterocycles. The number of nitrogens with zero attached hydrogens (tertiary/aromatic N) is 5. The van der Waals surface area contributed by atoms with Gasteiger partial charge in [-0.1, -0.05) is 164 Å². The second-order valence-corrected chi connectivity index (χ2v) is 17.6. The molecule has 14 rings (SSSR count). The second-order valence-electron chi connectivity index (χ2n) is 17.6. The van der Waals surface area contributed by atoms with Gasteiger partial charge in [0.25, 0.3) is 0 Å². The van der Waals surface area contributed by atoms with E-state index in [1.165, 1.54) is 38.1 Å². The lowest BCUT2D eigenvalue weighted by Crippen LogP contribution is -2.00. The summed E-state index contributed by atoms with van der Waals surface area (Å²) in [7, 11) is 0. The maximum atomic E-state index is 6.58. The molecule has 0 bridgehead atoms. The zero-order valence-electron chi connectivity index (χ0n) is 37.2. The Kier molecular flexibility index (Phi) is 8.79. The zero-order chi connectivity index (χ0) is 45.4. The number of aromatic nitrogens is 5. The van der Waals surface area contributed by atoms with Crippen molar-refractivity contribution in [3.05, 3.63) is 237 Å². The van der Waals surface area contributed by atoms with Crippen molar-refractivity contribution in [3.63, 3.8) is 0 Å². The van der Waals surface area contributed by atoms with Crippen molar-refractivity contribution in [3.8, 4) is 67.8 Å². The molecule has 6 heteroatoms. The second kappa shape index (κ2) is 15.6. The molecule has 0 spiro atoms. The van der Waals surface area contributed by atoms with Gasteiger partial charge in [-0.2, -0.15) is 0 Å². The average molecular weight is 882 g/mol. The van der Waals surface area contributed by atoms with Crippen molar-refractivity contribution in [1.82, 2.24) is 24.1 Å². The minimum absolute atomic E-state index is 0.590. The molecule has 4 heterocycles. The van der Waals surface area contributed by atoms with Crippen molar-refractivity contribution in [1.29, 1.82) is 0 Å². The third-order valence-electron chi connectivity index (χ3n) is 13.6. The Morgan fingerprint density at radius 2 is 0.783 bits per heavy atom. The Morgan fingerprint density at radius 3 is 1.46 bits per heavy atom. The van der Waals surface area contributed by atoms with Crippen LogP contribution in [0.25, 0.3) is 133 Å². The molecule has 0 atom stereocenters. The molecule has 6 nitrogen and oxygen atoms in total. The van der Waals surface area contributed by atoms with E-state index in [9.17, 15) is 0 Å². The Balaban J connectivity index is 0.961. The summed E-state index contributed by atoms with van der Waals surface area (Å²) in [6.07, 6.45) is 0. The highest BCUT2D eigenvalue weighted by molar-refractivity contribution is 6.17. The molecule has 322 valence electrons. The molecule has 10 aromatic carbocycles. The first-order valence-corrected chi connectivity index (χ1v) is 23.3. The maximum Gasteiger partial charge on any atom is 0.164 e. The van der Waals surface area contributed by atoms with E-state index in [0.717, 1.165) is 77.7 Å². The third-order valence-corrected chi connectivity index (χ3v) is 13.6. The molecule has 0 unspecified atom stereocenters. The Labute approximate surface area is 396 Å². The standard InChI is InChI=1S/C63H39N5O/c1-5-17-40(18-6-1)61-64-62(41-19-7-2-8-20-41)66-63(65-61)50-28-16-30-58-59(50)53-38-43(33-36-57(53)69-58)42-31-34-55-51(37-42)52-39-44(32-35-56(52)67(55)45-21-9-3-10-22-45)47-26-15-27-49-48-25-13-14-29-54(48)68(60(47)49)46-23-11-4-12-24-46/h1-39H. The van der Waals surface area contributed by atoms with Gasteiger partial charge in [-0.15, -0.1) is 0 Å². The van der Waals surface area contributed by atoms with Crippen molar-refractivity contribution < 1.29 is 4.42 Å². The molecule has 0 aliphatic heterocycles. The first kappa shape index (κ1) is 38.8. The van der Waals surface area contributed by atoms with Gasteiger partial charge >= 0.3 is 0 Å². The van der Waals surface area contributed by atoms with Gasteiger partial charge in [-0.05, 0) is 89.5 Å². The number of benzene rings is 10. The third kappa shape index (κ3) is 6.30. The number of rotatable bonds is 7. The van der Waals surface area contributed by atoms with Gasteiger partial charge < -0.3 is 13.6 Å². The molecule has 0 radical (unpaired) electrons. The summed E-state index contributed by atoms with van der Waals surface area (Å²) >= 11 is 0. The van der Waals surface area contributed by atoms with E-state index >= 15 is 0 Å². The summed E-state index contributed by atoms with van der Waals surface area (Å²) in [4.78, 5) is 15.2. The Hall–Kier alpha value is -9.39. The molecular formula is C63H39N5O. The van der Waals surface area contributed by atoms with Crippen molar-refractivity contribution in [2.45, 2.75) is 0 Å². The number of furan rings is 1. The Bertz CT molecular complexity index is 4230. The molecule has 0 fully saturated rings. The van der Waals surface area contributed by atoms with Gasteiger partial charge in [-0.3, -0.25) is 0 Å². The largest absolute Gasteiger partial charge is 0.456 e. The van der Waals surface area contributed by atoms with Gasteiger partial charge in [-0.25, -0.2) is 15.0 Å². The average Bonchev–Trinajstić information content (AvgIpc) is 4.09. The lowest BCUT2D eigenvalue weighted by atomic mass is 9.97. The summed E-state index contributed by atoms with van der Waals surface area (Å²) in [5.74, 6) is 1.82. The summed E-state index contributed by atoms with van der Waals surface area (Å²) in [6.45, 7) is 0. The molecule has 4 aromatic heterocycles. The van der Waals surface area contributed by atoms with Gasteiger partial charge in [0, 0.05) is 65.9 Å². The van der Waals surface area contributed by atoms with Gasteiger partial charge in [0.15, 0.2) is 17.5 Å². The van der Waals surface area contributed by atoms with Crippen LogP contribution in [0.3, 0.4) is 0 Å². The van der Waals surface area contributed by atoms with E-state index in [-0.39, 0.29) is 0 Å². The fourth-order valence-electron chi connectivity index (χ4n) is 10.4. The van der Waals surface area contributed by atoms with Crippen LogP contribution in [-0.2, 0) is 0 Å². The molecule has 0 aliphatic carbocycles. The first-order valence-electron chi connectivity index (χ1n) is 23.3. The number of hydrogen-bond donors (Lipinski definition) is 0. The smallest absolute Gasteiger partial charge is 0.164 e. The van der Waals surface area contributed by atoms with Crippen molar-refractivity contribution >= 4 is 65.6 Å². The predicted octanol–water partition coefficient (Wildman–Crippen LogP) is 16.3. The zero-order valence-corrected chi connectivity index (χ0v) is 37.2. The van der Waals surface area contributed by atoms with E-state index in [4.69, 9.17) is 19.4 Å². The highest BCUT2D eigenvalue weighted by Crippen LogP contribution is 2.43. The quantitative estimate of drug-likeness (QED) is 0.160. The van der Waals surface area contributed by atoms with E-state index in [1.54, 1.807) is 0 Å². The minimum Gasteiger partial charge on any atom is -0.456 e. The molecule has 0 saturated carbocycles.